The Morgan fingerprint density at radius 2 is 1.64 bits per heavy atom. The number of aryl methyl sites for hydroxylation is 2. The third-order valence-corrected chi connectivity index (χ3v) is 5.80. The van der Waals surface area contributed by atoms with E-state index in [-0.39, 0.29) is 29.5 Å². The van der Waals surface area contributed by atoms with Crippen LogP contribution in [0.3, 0.4) is 0 Å². The highest BCUT2D eigenvalue weighted by Gasteiger charge is 2.30. The number of allylic oxidation sites excluding steroid dienone is 2. The van der Waals surface area contributed by atoms with Crippen LogP contribution in [0.2, 0.25) is 0 Å². The number of methoxy groups -OCH3 is 1. The lowest BCUT2D eigenvalue weighted by atomic mass is 10.2. The van der Waals surface area contributed by atoms with Gasteiger partial charge in [0.2, 0.25) is 0 Å². The second kappa shape index (κ2) is 15.4. The number of pyridine rings is 1. The maximum absolute atomic E-state index is 12.8. The summed E-state index contributed by atoms with van der Waals surface area (Å²) in [6.07, 6.45) is 7.40. The van der Waals surface area contributed by atoms with Gasteiger partial charge in [-0.1, -0.05) is 30.4 Å². The maximum atomic E-state index is 12.8. The van der Waals surface area contributed by atoms with Crippen molar-refractivity contribution in [3.8, 4) is 0 Å². The van der Waals surface area contributed by atoms with Gasteiger partial charge in [0.15, 0.2) is 11.4 Å². The van der Waals surface area contributed by atoms with Crippen LogP contribution >= 0.6 is 0 Å². The molecule has 3 aromatic rings. The molecule has 0 saturated carbocycles. The van der Waals surface area contributed by atoms with Crippen LogP contribution in [0.25, 0.3) is 0 Å². The van der Waals surface area contributed by atoms with E-state index in [1.165, 1.54) is 10.9 Å². The number of carbonyl (C=O) groups excluding carboxylic acids is 2. The lowest BCUT2D eigenvalue weighted by Crippen LogP contribution is -2.24. The van der Waals surface area contributed by atoms with E-state index in [2.05, 4.69) is 50.1 Å². The third kappa shape index (κ3) is 10.4. The van der Waals surface area contributed by atoms with Gasteiger partial charge in [0.1, 0.15) is 5.76 Å². The first-order valence-corrected chi connectivity index (χ1v) is 13.4. The van der Waals surface area contributed by atoms with Gasteiger partial charge in [0.25, 0.3) is 11.8 Å². The molecule has 0 radical (unpaired) electrons. The summed E-state index contributed by atoms with van der Waals surface area (Å²) in [4.78, 5) is 28.5. The number of hydrogen-bond donors (Lipinski definition) is 2. The molecular weight excluding hydrogens is 555 g/mol. The second-order valence-corrected chi connectivity index (χ2v) is 9.62. The molecule has 2 N–H and O–H groups in total. The normalized spacial score (nSPS) is 12.2. The van der Waals surface area contributed by atoms with E-state index in [0.717, 1.165) is 24.1 Å². The fourth-order valence-corrected chi connectivity index (χ4v) is 3.58. The Balaban J connectivity index is 1.36. The van der Waals surface area contributed by atoms with Crippen LogP contribution in [-0.4, -0.2) is 60.4 Å². The molecule has 0 bridgehead atoms. The quantitative estimate of drug-likeness (QED) is 0.156. The third-order valence-electron chi connectivity index (χ3n) is 5.80. The molecule has 42 heavy (non-hydrogen) atoms. The van der Waals surface area contributed by atoms with Gasteiger partial charge >= 0.3 is 6.18 Å². The molecule has 0 atom stereocenters. The predicted octanol–water partition coefficient (Wildman–Crippen LogP) is 3.56. The lowest BCUT2D eigenvalue weighted by molar-refractivity contribution is -0.137. The molecular formula is C27H34F3N9O3. The molecule has 0 aromatic carbocycles. The van der Waals surface area contributed by atoms with Crippen LogP contribution in [0, 0.1) is 5.92 Å². The first kappa shape index (κ1) is 32.0. The summed E-state index contributed by atoms with van der Waals surface area (Å²) in [5, 5.41) is 21.0. The molecule has 15 heteroatoms. The molecule has 2 amide bonds. The fraction of sp³-hybridized carbons (Fsp3) is 0.444. The highest BCUT2D eigenvalue weighted by molar-refractivity contribution is 5.92. The molecule has 12 nitrogen and oxygen atoms in total. The molecule has 0 saturated heterocycles. The number of nitrogens with one attached hydrogen (secondary N) is 2. The van der Waals surface area contributed by atoms with Crippen molar-refractivity contribution in [3.05, 3.63) is 77.4 Å². The largest absolute Gasteiger partial charge is 0.497 e. The van der Waals surface area contributed by atoms with Gasteiger partial charge in [-0.15, -0.1) is 10.2 Å². The van der Waals surface area contributed by atoms with Crippen molar-refractivity contribution in [2.75, 3.05) is 13.7 Å². The van der Waals surface area contributed by atoms with Crippen LogP contribution in [0.15, 0.2) is 54.7 Å². The zero-order valence-corrected chi connectivity index (χ0v) is 23.6. The van der Waals surface area contributed by atoms with E-state index in [1.54, 1.807) is 18.0 Å². The summed E-state index contributed by atoms with van der Waals surface area (Å²) in [5.74, 6) is 0.255. The number of halogens is 3. The first-order chi connectivity index (χ1) is 20.0. The number of carbonyl (C=O) groups is 2. The van der Waals surface area contributed by atoms with Gasteiger partial charge in [0.05, 0.1) is 37.3 Å². The highest BCUT2D eigenvalue weighted by Crippen LogP contribution is 2.28. The molecule has 0 unspecified atom stereocenters. The Bertz CT molecular complexity index is 1380. The van der Waals surface area contributed by atoms with Crippen LogP contribution in [0.5, 0.6) is 0 Å². The number of rotatable bonds is 15. The molecule has 226 valence electrons. The minimum absolute atomic E-state index is 0.0369. The van der Waals surface area contributed by atoms with Crippen LogP contribution in [0.4, 0.5) is 13.2 Å². The van der Waals surface area contributed by atoms with Gasteiger partial charge in [0, 0.05) is 25.8 Å². The van der Waals surface area contributed by atoms with Crippen molar-refractivity contribution >= 4 is 11.8 Å². The number of hydrogen-bond acceptors (Lipinski definition) is 8. The van der Waals surface area contributed by atoms with E-state index in [1.807, 2.05) is 18.2 Å². The zero-order valence-electron chi connectivity index (χ0n) is 23.6. The molecule has 0 fully saturated rings. The smallest absolute Gasteiger partial charge is 0.416 e. The van der Waals surface area contributed by atoms with Gasteiger partial charge in [-0.05, 0) is 49.5 Å². The summed E-state index contributed by atoms with van der Waals surface area (Å²) in [5.41, 5.74) is -0.511. The Morgan fingerprint density at radius 3 is 2.21 bits per heavy atom. The first-order valence-electron chi connectivity index (χ1n) is 13.4. The highest BCUT2D eigenvalue weighted by atomic mass is 19.4. The van der Waals surface area contributed by atoms with Gasteiger partial charge in [-0.25, -0.2) is 0 Å². The fourth-order valence-electron chi connectivity index (χ4n) is 3.58. The Morgan fingerprint density at radius 1 is 1.02 bits per heavy atom. The summed E-state index contributed by atoms with van der Waals surface area (Å²) < 4.78 is 46.9. The number of unbranched alkanes of at least 4 members (excludes halogenated alkanes) is 1. The van der Waals surface area contributed by atoms with Crippen molar-refractivity contribution < 1.29 is 27.5 Å². The Kier molecular flexibility index (Phi) is 11.8. The van der Waals surface area contributed by atoms with Crippen LogP contribution in [-0.2, 0) is 30.5 Å². The van der Waals surface area contributed by atoms with Crippen molar-refractivity contribution in [3.63, 3.8) is 0 Å². The minimum atomic E-state index is -4.49. The van der Waals surface area contributed by atoms with Crippen molar-refractivity contribution in [1.82, 2.24) is 45.6 Å². The molecule has 0 spiro atoms. The average molecular weight is 590 g/mol. The van der Waals surface area contributed by atoms with E-state index in [4.69, 9.17) is 4.74 Å². The SMILES string of the molecule is COC(/C=C\C(C)C)=C/CCNC(=O)c1cn(CCCCn2cc(C(=O)NCc3cc(C(F)(F)F)ccn3)nn2)nn1. The summed E-state index contributed by atoms with van der Waals surface area (Å²) in [7, 11) is 1.60. The van der Waals surface area contributed by atoms with Crippen molar-refractivity contribution in [2.24, 2.45) is 5.92 Å². The van der Waals surface area contributed by atoms with Crippen LogP contribution in [0.1, 0.15) is 65.3 Å². The van der Waals surface area contributed by atoms with E-state index in [9.17, 15) is 22.8 Å². The number of aromatic nitrogens is 7. The lowest BCUT2D eigenvalue weighted by Gasteiger charge is -2.08. The van der Waals surface area contributed by atoms with Crippen molar-refractivity contribution in [1.29, 1.82) is 0 Å². The molecule has 3 aromatic heterocycles. The molecule has 3 heterocycles. The van der Waals surface area contributed by atoms with Crippen molar-refractivity contribution in [2.45, 2.75) is 58.9 Å². The van der Waals surface area contributed by atoms with E-state index in [0.29, 0.717) is 44.8 Å². The van der Waals surface area contributed by atoms with Gasteiger partial charge in [-0.2, -0.15) is 13.2 Å². The monoisotopic (exact) mass is 589 g/mol. The topological polar surface area (TPSA) is 142 Å². The Labute approximate surface area is 241 Å². The summed E-state index contributed by atoms with van der Waals surface area (Å²) >= 11 is 0. The Hall–Kier alpha value is -4.56. The maximum Gasteiger partial charge on any atom is 0.416 e. The number of alkyl halides is 3. The average Bonchev–Trinajstić information content (AvgIpc) is 3.63. The molecule has 3 rings (SSSR count). The predicted molar refractivity (Wildman–Crippen MR) is 146 cm³/mol. The molecule has 0 aliphatic rings. The second-order valence-electron chi connectivity index (χ2n) is 9.62. The minimum Gasteiger partial charge on any atom is -0.497 e. The summed E-state index contributed by atoms with van der Waals surface area (Å²) in [6.45, 7) is 5.38. The molecule has 0 aliphatic carbocycles. The van der Waals surface area contributed by atoms with Gasteiger partial charge in [-0.3, -0.25) is 23.9 Å². The standard InChI is InChI=1S/C27H34F3N9O3/c1-19(2)8-9-22(42-3)7-6-11-32-25(40)23-17-38(36-34-23)13-4-5-14-39-18-24(35-37-39)26(41)33-16-21-15-20(10-12-31-21)27(28,29)30/h7-10,12,15,17-19H,4-6,11,13-14,16H2,1-3H3,(H,32,40)(H,33,41)/b9-8-,22-7+. The number of ether oxygens (including phenoxy) is 1. The van der Waals surface area contributed by atoms with Gasteiger partial charge < -0.3 is 15.4 Å². The zero-order chi connectivity index (χ0) is 30.5. The number of nitrogens with zero attached hydrogens (tertiary/aromatic N) is 7. The van der Waals surface area contributed by atoms with E-state index >= 15 is 0 Å². The molecule has 0 aliphatic heterocycles. The summed E-state index contributed by atoms with van der Waals surface area (Å²) in [6, 6.07) is 1.74. The van der Waals surface area contributed by atoms with E-state index < -0.39 is 17.6 Å². The van der Waals surface area contributed by atoms with Crippen LogP contribution < -0.4 is 10.6 Å². The number of amides is 2.